The molecule has 130 valence electrons. The van der Waals surface area contributed by atoms with Crippen LogP contribution in [0.2, 0.25) is 0 Å². The first-order valence-corrected chi connectivity index (χ1v) is 8.79. The fraction of sp³-hybridized carbons (Fsp3) is 0.444. The molecular formula is C18H22N6O. The van der Waals surface area contributed by atoms with Crippen molar-refractivity contribution in [2.45, 2.75) is 39.2 Å². The number of piperidine rings is 1. The molecule has 3 aromatic rings. The van der Waals surface area contributed by atoms with E-state index in [4.69, 9.17) is 0 Å². The lowest BCUT2D eigenvalue weighted by atomic mass is 9.95. The number of hydrogen-bond acceptors (Lipinski definition) is 4. The van der Waals surface area contributed by atoms with Crippen LogP contribution in [0.15, 0.2) is 30.7 Å². The fourth-order valence-electron chi connectivity index (χ4n) is 3.58. The molecule has 0 saturated carbocycles. The number of hydrogen-bond donors (Lipinski definition) is 0. The summed E-state index contributed by atoms with van der Waals surface area (Å²) in [6.45, 7) is 6.44. The van der Waals surface area contributed by atoms with Gasteiger partial charge in [0.15, 0.2) is 0 Å². The van der Waals surface area contributed by atoms with Crippen LogP contribution in [0.5, 0.6) is 0 Å². The molecule has 0 N–H and O–H groups in total. The average Bonchev–Trinajstić information content (AvgIpc) is 3.28. The number of carbonyl (C=O) groups is 1. The molecule has 1 aliphatic rings. The Morgan fingerprint density at radius 3 is 2.80 bits per heavy atom. The van der Waals surface area contributed by atoms with Gasteiger partial charge in [-0.1, -0.05) is 6.07 Å². The van der Waals surface area contributed by atoms with E-state index in [2.05, 4.69) is 26.7 Å². The highest BCUT2D eigenvalue weighted by Crippen LogP contribution is 2.27. The molecule has 1 amide bonds. The summed E-state index contributed by atoms with van der Waals surface area (Å²) in [6, 6.07) is 5.90. The highest BCUT2D eigenvalue weighted by Gasteiger charge is 2.28. The van der Waals surface area contributed by atoms with Gasteiger partial charge in [-0.3, -0.25) is 4.79 Å². The third-order valence-corrected chi connectivity index (χ3v) is 5.05. The normalized spacial score (nSPS) is 15.8. The minimum absolute atomic E-state index is 0.0125. The molecule has 1 aliphatic heterocycles. The fourth-order valence-corrected chi connectivity index (χ4v) is 3.58. The molecule has 1 saturated heterocycles. The summed E-state index contributed by atoms with van der Waals surface area (Å²) in [4.78, 5) is 19.2. The quantitative estimate of drug-likeness (QED) is 0.735. The third-order valence-electron chi connectivity index (χ3n) is 5.05. The number of carbonyl (C=O) groups excluding carboxylic acids is 1. The Bertz CT molecular complexity index is 903. The lowest BCUT2D eigenvalue weighted by molar-refractivity contribution is 0.0705. The number of aromatic nitrogens is 5. The molecule has 4 rings (SSSR count). The van der Waals surface area contributed by atoms with Crippen LogP contribution < -0.4 is 0 Å². The lowest BCUT2D eigenvalue weighted by Gasteiger charge is -2.31. The number of nitrogens with zero attached hydrogens (tertiary/aromatic N) is 6. The first-order valence-electron chi connectivity index (χ1n) is 8.79. The van der Waals surface area contributed by atoms with E-state index in [1.165, 1.54) is 0 Å². The topological polar surface area (TPSA) is 68.3 Å². The Hall–Kier alpha value is -2.70. The van der Waals surface area contributed by atoms with Crippen molar-refractivity contribution in [1.82, 2.24) is 29.0 Å². The average molecular weight is 338 g/mol. The lowest BCUT2D eigenvalue weighted by Crippen LogP contribution is -2.38. The Morgan fingerprint density at radius 1 is 1.28 bits per heavy atom. The van der Waals surface area contributed by atoms with Crippen LogP contribution in [-0.2, 0) is 6.54 Å². The Morgan fingerprint density at radius 2 is 2.08 bits per heavy atom. The number of aryl methyl sites for hydroxylation is 2. The van der Waals surface area contributed by atoms with E-state index in [-0.39, 0.29) is 5.91 Å². The van der Waals surface area contributed by atoms with Crippen molar-refractivity contribution in [1.29, 1.82) is 0 Å². The zero-order chi connectivity index (χ0) is 17.4. The Kier molecular flexibility index (Phi) is 3.99. The van der Waals surface area contributed by atoms with Gasteiger partial charge in [0, 0.05) is 37.4 Å². The van der Waals surface area contributed by atoms with Gasteiger partial charge in [-0.2, -0.15) is 0 Å². The van der Waals surface area contributed by atoms with Crippen LogP contribution >= 0.6 is 0 Å². The molecular weight excluding hydrogens is 316 g/mol. The van der Waals surface area contributed by atoms with Gasteiger partial charge in [-0.05, 0) is 38.8 Å². The summed E-state index contributed by atoms with van der Waals surface area (Å²) in [5, 5.41) is 8.29. The van der Waals surface area contributed by atoms with Crippen molar-refractivity contribution >= 4 is 11.6 Å². The largest absolute Gasteiger partial charge is 0.337 e. The zero-order valence-electron chi connectivity index (χ0n) is 14.6. The van der Waals surface area contributed by atoms with Crippen molar-refractivity contribution in [2.24, 2.45) is 0 Å². The molecule has 0 aromatic carbocycles. The molecule has 25 heavy (non-hydrogen) atoms. The Labute approximate surface area is 146 Å². The van der Waals surface area contributed by atoms with E-state index in [9.17, 15) is 4.79 Å². The number of imidazole rings is 1. The van der Waals surface area contributed by atoms with E-state index in [0.717, 1.165) is 49.6 Å². The van der Waals surface area contributed by atoms with Crippen LogP contribution in [0.4, 0.5) is 0 Å². The minimum Gasteiger partial charge on any atom is -0.337 e. The van der Waals surface area contributed by atoms with E-state index in [1.54, 1.807) is 6.33 Å². The second-order valence-electron chi connectivity index (χ2n) is 6.56. The standard InChI is InChI=1S/C18H22N6O/c1-3-22-12-19-21-17(22)14-7-9-23(10-8-14)18(25)15-11-24-13(2)5-4-6-16(24)20-15/h4-6,11-12,14H,3,7-10H2,1-2H3. The SMILES string of the molecule is CCn1cnnc1C1CCN(C(=O)c2cn3c(C)cccc3n2)CC1. The molecule has 0 atom stereocenters. The summed E-state index contributed by atoms with van der Waals surface area (Å²) in [5.74, 6) is 1.42. The summed E-state index contributed by atoms with van der Waals surface area (Å²) in [5.41, 5.74) is 2.40. The zero-order valence-corrected chi connectivity index (χ0v) is 14.6. The number of pyridine rings is 1. The van der Waals surface area contributed by atoms with Gasteiger partial charge in [0.2, 0.25) is 0 Å². The molecule has 0 bridgehead atoms. The molecule has 1 fully saturated rings. The van der Waals surface area contributed by atoms with Crippen LogP contribution in [0.25, 0.3) is 5.65 Å². The van der Waals surface area contributed by atoms with Gasteiger partial charge in [-0.15, -0.1) is 10.2 Å². The number of amides is 1. The van der Waals surface area contributed by atoms with E-state index in [1.807, 2.05) is 40.6 Å². The maximum absolute atomic E-state index is 12.8. The van der Waals surface area contributed by atoms with Gasteiger partial charge in [0.05, 0.1) is 0 Å². The second-order valence-corrected chi connectivity index (χ2v) is 6.56. The minimum atomic E-state index is 0.0125. The maximum Gasteiger partial charge on any atom is 0.274 e. The van der Waals surface area contributed by atoms with Gasteiger partial charge in [0.25, 0.3) is 5.91 Å². The highest BCUT2D eigenvalue weighted by atomic mass is 16.2. The number of rotatable bonds is 3. The Balaban J connectivity index is 1.48. The van der Waals surface area contributed by atoms with Gasteiger partial charge in [-0.25, -0.2) is 4.98 Å². The van der Waals surface area contributed by atoms with Crippen molar-refractivity contribution in [3.63, 3.8) is 0 Å². The van der Waals surface area contributed by atoms with Crippen LogP contribution in [-0.4, -0.2) is 48.0 Å². The van der Waals surface area contributed by atoms with Gasteiger partial charge < -0.3 is 13.9 Å². The summed E-state index contributed by atoms with van der Waals surface area (Å²) in [6.07, 6.45) is 5.45. The molecule has 0 radical (unpaired) electrons. The van der Waals surface area contributed by atoms with E-state index in [0.29, 0.717) is 11.6 Å². The van der Waals surface area contributed by atoms with Crippen LogP contribution in [0.1, 0.15) is 47.7 Å². The maximum atomic E-state index is 12.8. The molecule has 0 unspecified atom stereocenters. The van der Waals surface area contributed by atoms with Crippen LogP contribution in [0.3, 0.4) is 0 Å². The summed E-state index contributed by atoms with van der Waals surface area (Å²) < 4.78 is 4.05. The van der Waals surface area contributed by atoms with Crippen molar-refractivity contribution in [3.8, 4) is 0 Å². The first-order chi connectivity index (χ1) is 12.2. The molecule has 4 heterocycles. The van der Waals surface area contributed by atoms with Crippen molar-refractivity contribution in [3.05, 3.63) is 47.9 Å². The van der Waals surface area contributed by atoms with E-state index >= 15 is 0 Å². The molecule has 7 heteroatoms. The first kappa shape index (κ1) is 15.8. The van der Waals surface area contributed by atoms with Crippen molar-refractivity contribution in [2.75, 3.05) is 13.1 Å². The van der Waals surface area contributed by atoms with Crippen LogP contribution in [0, 0.1) is 6.92 Å². The summed E-state index contributed by atoms with van der Waals surface area (Å²) in [7, 11) is 0. The smallest absolute Gasteiger partial charge is 0.274 e. The van der Waals surface area contributed by atoms with Crippen molar-refractivity contribution < 1.29 is 4.79 Å². The second kappa shape index (κ2) is 6.31. The molecule has 7 nitrogen and oxygen atoms in total. The number of likely N-dealkylation sites (tertiary alicyclic amines) is 1. The molecule has 0 spiro atoms. The van der Waals surface area contributed by atoms with Gasteiger partial charge >= 0.3 is 0 Å². The number of fused-ring (bicyclic) bond motifs is 1. The van der Waals surface area contributed by atoms with Gasteiger partial charge in [0.1, 0.15) is 23.5 Å². The van der Waals surface area contributed by atoms with E-state index < -0.39 is 0 Å². The molecule has 0 aliphatic carbocycles. The highest BCUT2D eigenvalue weighted by molar-refractivity contribution is 5.93. The summed E-state index contributed by atoms with van der Waals surface area (Å²) >= 11 is 0. The third kappa shape index (κ3) is 2.79. The predicted molar refractivity (Wildman–Crippen MR) is 93.5 cm³/mol. The molecule has 3 aromatic heterocycles. The predicted octanol–water partition coefficient (Wildman–Crippen LogP) is 2.27. The monoisotopic (exact) mass is 338 g/mol.